The molecule has 1 saturated heterocycles. The molecule has 1 aromatic rings. The lowest BCUT2D eigenvalue weighted by atomic mass is 10.0. The number of nitrogens with zero attached hydrogens (tertiary/aromatic N) is 1. The molecule has 1 fully saturated rings. The van der Waals surface area contributed by atoms with Gasteiger partial charge in [-0.15, -0.1) is 0 Å². The van der Waals surface area contributed by atoms with Crippen molar-refractivity contribution < 1.29 is 14.7 Å². The number of nitrogens with two attached hydrogens (primary N) is 1. The normalized spacial score (nSPS) is 22.5. The highest BCUT2D eigenvalue weighted by Gasteiger charge is 2.38. The number of carbonyl (C=O) groups is 2. The number of rotatable bonds is 2. The Labute approximate surface area is 112 Å². The van der Waals surface area contributed by atoms with Crippen LogP contribution in [0.2, 0.25) is 0 Å². The van der Waals surface area contributed by atoms with Crippen LogP contribution in [0.5, 0.6) is 0 Å². The van der Waals surface area contributed by atoms with Crippen molar-refractivity contribution in [3.8, 4) is 0 Å². The summed E-state index contributed by atoms with van der Waals surface area (Å²) >= 11 is 0. The molecule has 1 aliphatic rings. The highest BCUT2D eigenvalue weighted by Crippen LogP contribution is 2.27. The number of anilines is 1. The lowest BCUT2D eigenvalue weighted by molar-refractivity contribution is -0.142. The summed E-state index contributed by atoms with van der Waals surface area (Å²) in [6.07, 6.45) is 0.494. The van der Waals surface area contributed by atoms with Gasteiger partial charge >= 0.3 is 5.97 Å². The minimum atomic E-state index is -0.847. The fourth-order valence-corrected chi connectivity index (χ4v) is 2.57. The number of amides is 1. The summed E-state index contributed by atoms with van der Waals surface area (Å²) in [5.74, 6) is -1.52. The number of aliphatic carboxylic acids is 1. The number of hydrogen-bond acceptors (Lipinski definition) is 3. The van der Waals surface area contributed by atoms with Crippen LogP contribution in [0.25, 0.3) is 0 Å². The van der Waals surface area contributed by atoms with Gasteiger partial charge in [-0.05, 0) is 32.4 Å². The Morgan fingerprint density at radius 2 is 2.11 bits per heavy atom. The fraction of sp³-hybridized carbons (Fsp3) is 0.429. The minimum absolute atomic E-state index is 0.183. The monoisotopic (exact) mass is 262 g/mol. The van der Waals surface area contributed by atoms with E-state index < -0.39 is 11.9 Å². The highest BCUT2D eigenvalue weighted by atomic mass is 16.4. The van der Waals surface area contributed by atoms with Crippen molar-refractivity contribution in [1.29, 1.82) is 0 Å². The van der Waals surface area contributed by atoms with Gasteiger partial charge in [-0.25, -0.2) is 0 Å². The molecule has 0 bridgehead atoms. The van der Waals surface area contributed by atoms with Crippen molar-refractivity contribution in [2.24, 2.45) is 5.92 Å². The summed E-state index contributed by atoms with van der Waals surface area (Å²) in [5, 5.41) is 9.09. The van der Waals surface area contributed by atoms with Crippen LogP contribution in [0.3, 0.4) is 0 Å². The van der Waals surface area contributed by atoms with E-state index in [1.165, 1.54) is 0 Å². The molecule has 3 N–H and O–H groups in total. The Balaban J connectivity index is 2.26. The first-order valence-corrected chi connectivity index (χ1v) is 6.31. The van der Waals surface area contributed by atoms with Gasteiger partial charge in [-0.1, -0.05) is 11.6 Å². The third kappa shape index (κ3) is 2.41. The Kier molecular flexibility index (Phi) is 3.46. The first-order valence-electron chi connectivity index (χ1n) is 6.31. The zero-order chi connectivity index (χ0) is 14.2. The number of nitrogen functional groups attached to an aromatic ring is 1. The molecule has 1 aromatic carbocycles. The standard InChI is InChI=1S/C14H18N2O3/c1-8-3-4-12(15)11(7-8)13(17)16-6-5-10(9(16)2)14(18)19/h3-4,7,9-10H,5-6,15H2,1-2H3,(H,18,19). The van der Waals surface area contributed by atoms with Crippen molar-refractivity contribution in [1.82, 2.24) is 4.90 Å². The van der Waals surface area contributed by atoms with Crippen LogP contribution in [-0.2, 0) is 4.79 Å². The van der Waals surface area contributed by atoms with Gasteiger partial charge in [0.1, 0.15) is 0 Å². The minimum Gasteiger partial charge on any atom is -0.481 e. The maximum absolute atomic E-state index is 12.5. The lowest BCUT2D eigenvalue weighted by Crippen LogP contribution is -2.38. The van der Waals surface area contributed by atoms with Gasteiger partial charge in [-0.2, -0.15) is 0 Å². The maximum Gasteiger partial charge on any atom is 0.308 e. The van der Waals surface area contributed by atoms with Crippen LogP contribution in [0.1, 0.15) is 29.3 Å². The molecule has 5 nitrogen and oxygen atoms in total. The van der Waals surface area contributed by atoms with Crippen molar-refractivity contribution in [3.05, 3.63) is 29.3 Å². The molecule has 2 unspecified atom stereocenters. The predicted molar refractivity (Wildman–Crippen MR) is 71.8 cm³/mol. The van der Waals surface area contributed by atoms with Crippen LogP contribution < -0.4 is 5.73 Å². The van der Waals surface area contributed by atoms with Gasteiger partial charge in [0.25, 0.3) is 5.91 Å². The topological polar surface area (TPSA) is 83.6 Å². The smallest absolute Gasteiger partial charge is 0.308 e. The third-order valence-corrected chi connectivity index (χ3v) is 3.77. The SMILES string of the molecule is Cc1ccc(N)c(C(=O)N2CCC(C(=O)O)C2C)c1. The van der Waals surface area contributed by atoms with Gasteiger partial charge in [-0.3, -0.25) is 9.59 Å². The van der Waals surface area contributed by atoms with Crippen LogP contribution >= 0.6 is 0 Å². The molecule has 0 aliphatic carbocycles. The van der Waals surface area contributed by atoms with E-state index in [2.05, 4.69) is 0 Å². The first kappa shape index (κ1) is 13.4. The highest BCUT2D eigenvalue weighted by molar-refractivity contribution is 6.00. The maximum atomic E-state index is 12.5. The van der Waals surface area contributed by atoms with Crippen LogP contribution in [-0.4, -0.2) is 34.5 Å². The number of carboxylic acids is 1. The quantitative estimate of drug-likeness (QED) is 0.791. The molecule has 1 aliphatic heterocycles. The second-order valence-electron chi connectivity index (χ2n) is 5.06. The zero-order valence-electron chi connectivity index (χ0n) is 11.1. The van der Waals surface area contributed by atoms with Gasteiger partial charge in [0, 0.05) is 18.3 Å². The molecule has 0 aromatic heterocycles. The summed E-state index contributed by atoms with van der Waals surface area (Å²) in [4.78, 5) is 25.1. The van der Waals surface area contributed by atoms with Crippen LogP contribution in [0.15, 0.2) is 18.2 Å². The van der Waals surface area contributed by atoms with E-state index in [-0.39, 0.29) is 11.9 Å². The molecule has 102 valence electrons. The van der Waals surface area contributed by atoms with E-state index in [0.717, 1.165) is 5.56 Å². The van der Waals surface area contributed by atoms with E-state index in [0.29, 0.717) is 24.2 Å². The third-order valence-electron chi connectivity index (χ3n) is 3.77. The van der Waals surface area contributed by atoms with Gasteiger partial charge in [0.05, 0.1) is 11.5 Å². The molecule has 0 spiro atoms. The molecule has 2 rings (SSSR count). The lowest BCUT2D eigenvalue weighted by Gasteiger charge is -2.24. The molecular weight excluding hydrogens is 244 g/mol. The molecule has 1 heterocycles. The predicted octanol–water partition coefficient (Wildman–Crippen LogP) is 1.51. The number of carbonyl (C=O) groups excluding carboxylic acids is 1. The summed E-state index contributed by atoms with van der Waals surface area (Å²) < 4.78 is 0. The average molecular weight is 262 g/mol. The van der Waals surface area contributed by atoms with E-state index in [9.17, 15) is 9.59 Å². The van der Waals surface area contributed by atoms with Crippen molar-refractivity contribution >= 4 is 17.6 Å². The van der Waals surface area contributed by atoms with Gasteiger partial charge in [0.2, 0.25) is 0 Å². The summed E-state index contributed by atoms with van der Waals surface area (Å²) in [6.45, 7) is 4.13. The number of hydrogen-bond donors (Lipinski definition) is 2. The van der Waals surface area contributed by atoms with Gasteiger partial charge < -0.3 is 15.7 Å². The Bertz CT molecular complexity index is 527. The Morgan fingerprint density at radius 1 is 1.42 bits per heavy atom. The van der Waals surface area contributed by atoms with E-state index in [1.54, 1.807) is 24.0 Å². The average Bonchev–Trinajstić information content (AvgIpc) is 2.73. The number of aryl methyl sites for hydroxylation is 1. The van der Waals surface area contributed by atoms with E-state index in [1.807, 2.05) is 13.0 Å². The second kappa shape index (κ2) is 4.91. The Hall–Kier alpha value is -2.04. The zero-order valence-corrected chi connectivity index (χ0v) is 11.1. The van der Waals surface area contributed by atoms with Crippen molar-refractivity contribution in [2.45, 2.75) is 26.3 Å². The fourth-order valence-electron chi connectivity index (χ4n) is 2.57. The van der Waals surface area contributed by atoms with Crippen LogP contribution in [0, 0.1) is 12.8 Å². The second-order valence-corrected chi connectivity index (χ2v) is 5.06. The van der Waals surface area contributed by atoms with Crippen molar-refractivity contribution in [3.63, 3.8) is 0 Å². The number of carboxylic acid groups (broad SMARTS) is 1. The molecule has 2 atom stereocenters. The van der Waals surface area contributed by atoms with Gasteiger partial charge in [0.15, 0.2) is 0 Å². The summed E-state index contributed by atoms with van der Waals surface area (Å²) in [6, 6.07) is 5.00. The first-order chi connectivity index (χ1) is 8.91. The summed E-state index contributed by atoms with van der Waals surface area (Å²) in [7, 11) is 0. The van der Waals surface area contributed by atoms with Crippen molar-refractivity contribution in [2.75, 3.05) is 12.3 Å². The van der Waals surface area contributed by atoms with E-state index >= 15 is 0 Å². The molecular formula is C14H18N2O3. The number of benzene rings is 1. The molecule has 1 amide bonds. The van der Waals surface area contributed by atoms with E-state index in [4.69, 9.17) is 10.8 Å². The molecule has 19 heavy (non-hydrogen) atoms. The number of likely N-dealkylation sites (tertiary alicyclic amines) is 1. The Morgan fingerprint density at radius 3 is 2.68 bits per heavy atom. The molecule has 5 heteroatoms. The molecule has 0 saturated carbocycles. The largest absolute Gasteiger partial charge is 0.481 e. The van der Waals surface area contributed by atoms with Crippen LogP contribution in [0.4, 0.5) is 5.69 Å². The molecule has 0 radical (unpaired) electrons. The summed E-state index contributed by atoms with van der Waals surface area (Å²) in [5.41, 5.74) is 7.68.